The van der Waals surface area contributed by atoms with Gasteiger partial charge in [-0.05, 0) is 13.0 Å². The highest BCUT2D eigenvalue weighted by atomic mass is 32.2. The number of ether oxygens (including phenoxy) is 1. The maximum absolute atomic E-state index is 12.1. The minimum Gasteiger partial charge on any atom is -0.455 e. The Bertz CT molecular complexity index is 686. The van der Waals surface area contributed by atoms with E-state index >= 15 is 0 Å². The van der Waals surface area contributed by atoms with Crippen molar-refractivity contribution in [3.63, 3.8) is 0 Å². The predicted octanol–water partition coefficient (Wildman–Crippen LogP) is 0.0291. The second-order valence-corrected chi connectivity index (χ2v) is 7.84. The summed E-state index contributed by atoms with van der Waals surface area (Å²) in [5.41, 5.74) is 0. The van der Waals surface area contributed by atoms with Gasteiger partial charge in [0.05, 0.1) is 0 Å². The van der Waals surface area contributed by atoms with Crippen molar-refractivity contribution in [3.05, 3.63) is 18.1 Å². The molecule has 0 aliphatic carbocycles. The fourth-order valence-electron chi connectivity index (χ4n) is 2.42. The third-order valence-corrected chi connectivity index (χ3v) is 5.66. The third-order valence-electron chi connectivity index (χ3n) is 3.72. The van der Waals surface area contributed by atoms with Crippen LogP contribution in [0.5, 0.6) is 0 Å². The highest BCUT2D eigenvalue weighted by Gasteiger charge is 2.29. The molecule has 1 aliphatic heterocycles. The average molecular weight is 357 g/mol. The maximum Gasteiger partial charge on any atom is 0.303 e. The molecule has 1 atom stereocenters. The quantitative estimate of drug-likeness (QED) is 0.686. The predicted molar refractivity (Wildman–Crippen MR) is 88.6 cm³/mol. The molecule has 0 amide bonds. The van der Waals surface area contributed by atoms with E-state index in [4.69, 9.17) is 4.74 Å². The summed E-state index contributed by atoms with van der Waals surface area (Å²) < 4.78 is 32.0. The van der Waals surface area contributed by atoms with Crippen LogP contribution >= 0.6 is 0 Å². The van der Waals surface area contributed by atoms with Crippen molar-refractivity contribution in [2.45, 2.75) is 20.0 Å². The zero-order valence-corrected chi connectivity index (χ0v) is 15.2. The van der Waals surface area contributed by atoms with E-state index in [9.17, 15) is 13.2 Å². The number of nitrogens with zero attached hydrogens (tertiary/aromatic N) is 5. The van der Waals surface area contributed by atoms with Gasteiger partial charge in [-0.2, -0.15) is 17.0 Å². The summed E-state index contributed by atoms with van der Waals surface area (Å²) in [7, 11) is -0.346. The molecule has 1 fully saturated rings. The standard InChI is InChI=1S/C14H23N5O4S/c1-11(23-12(2)20)14-15-6-5-13(16-14)18-7-9-19(10-8-18)24(21,22)17(3)4/h5-6,11H,7-10H2,1-4H3/t11-/m1/s1. The lowest BCUT2D eigenvalue weighted by molar-refractivity contribution is -0.146. The monoisotopic (exact) mass is 357 g/mol. The highest BCUT2D eigenvalue weighted by molar-refractivity contribution is 7.86. The van der Waals surface area contributed by atoms with E-state index in [2.05, 4.69) is 9.97 Å². The molecule has 0 saturated carbocycles. The summed E-state index contributed by atoms with van der Waals surface area (Å²) in [6.07, 6.45) is 1.08. The van der Waals surface area contributed by atoms with Gasteiger partial charge >= 0.3 is 5.97 Å². The Labute approximate surface area is 142 Å². The van der Waals surface area contributed by atoms with E-state index in [0.29, 0.717) is 37.8 Å². The van der Waals surface area contributed by atoms with Crippen molar-refractivity contribution < 1.29 is 17.9 Å². The molecule has 0 spiro atoms. The van der Waals surface area contributed by atoms with Crippen molar-refractivity contribution in [1.82, 2.24) is 18.6 Å². The van der Waals surface area contributed by atoms with Gasteiger partial charge in [-0.1, -0.05) is 0 Å². The largest absolute Gasteiger partial charge is 0.455 e. The average Bonchev–Trinajstić information content (AvgIpc) is 2.54. The summed E-state index contributed by atoms with van der Waals surface area (Å²) in [4.78, 5) is 21.6. The highest BCUT2D eigenvalue weighted by Crippen LogP contribution is 2.19. The van der Waals surface area contributed by atoms with E-state index in [1.165, 1.54) is 29.6 Å². The normalized spacial score (nSPS) is 17.8. The number of piperazine rings is 1. The molecule has 1 aromatic heterocycles. The summed E-state index contributed by atoms with van der Waals surface area (Å²) in [6, 6.07) is 1.76. The lowest BCUT2D eigenvalue weighted by Crippen LogP contribution is -2.51. The second-order valence-electron chi connectivity index (χ2n) is 5.70. The fourth-order valence-corrected chi connectivity index (χ4v) is 3.50. The van der Waals surface area contributed by atoms with Crippen molar-refractivity contribution in [2.24, 2.45) is 0 Å². The number of hydrogen-bond donors (Lipinski definition) is 0. The van der Waals surface area contributed by atoms with Crippen LogP contribution in [0.25, 0.3) is 0 Å². The number of rotatable bonds is 5. The fraction of sp³-hybridized carbons (Fsp3) is 0.643. The first-order valence-corrected chi connectivity index (χ1v) is 9.04. The third kappa shape index (κ3) is 4.19. The zero-order chi connectivity index (χ0) is 17.9. The van der Waals surface area contributed by atoms with Crippen molar-refractivity contribution >= 4 is 22.0 Å². The smallest absolute Gasteiger partial charge is 0.303 e. The molecule has 0 N–H and O–H groups in total. The van der Waals surface area contributed by atoms with Crippen LogP contribution < -0.4 is 4.90 Å². The first-order valence-electron chi connectivity index (χ1n) is 7.64. The summed E-state index contributed by atoms with van der Waals surface area (Å²) in [5.74, 6) is 0.728. The number of carbonyl (C=O) groups is 1. The Morgan fingerprint density at radius 2 is 1.92 bits per heavy atom. The van der Waals surface area contributed by atoms with Gasteiger partial charge in [0.1, 0.15) is 5.82 Å². The molecule has 1 aliphatic rings. The number of carbonyl (C=O) groups excluding carboxylic acids is 1. The minimum atomic E-state index is -3.39. The van der Waals surface area contributed by atoms with Crippen LogP contribution in [0.15, 0.2) is 12.3 Å². The minimum absolute atomic E-state index is 0.388. The molecule has 0 unspecified atom stereocenters. The number of anilines is 1. The van der Waals surface area contributed by atoms with E-state index in [-0.39, 0.29) is 5.97 Å². The summed E-state index contributed by atoms with van der Waals surface area (Å²) in [5, 5.41) is 0. The molecule has 0 aromatic carbocycles. The van der Waals surface area contributed by atoms with Crippen LogP contribution in [0.3, 0.4) is 0 Å². The van der Waals surface area contributed by atoms with Crippen molar-refractivity contribution in [3.8, 4) is 0 Å². The molecule has 134 valence electrons. The summed E-state index contributed by atoms with van der Waals surface area (Å²) >= 11 is 0. The molecular formula is C14H23N5O4S. The van der Waals surface area contributed by atoms with E-state index in [1.807, 2.05) is 4.90 Å². The van der Waals surface area contributed by atoms with Crippen LogP contribution in [0.2, 0.25) is 0 Å². The maximum atomic E-state index is 12.1. The zero-order valence-electron chi connectivity index (χ0n) is 14.3. The number of hydrogen-bond acceptors (Lipinski definition) is 7. The van der Waals surface area contributed by atoms with Gasteiger partial charge in [0.2, 0.25) is 0 Å². The molecule has 0 bridgehead atoms. The first-order chi connectivity index (χ1) is 11.2. The van der Waals surface area contributed by atoms with Gasteiger partial charge in [-0.3, -0.25) is 4.79 Å². The van der Waals surface area contributed by atoms with Gasteiger partial charge in [-0.15, -0.1) is 0 Å². The van der Waals surface area contributed by atoms with Crippen LogP contribution in [-0.4, -0.2) is 73.2 Å². The molecule has 2 heterocycles. The van der Waals surface area contributed by atoms with Crippen LogP contribution in [0.1, 0.15) is 25.8 Å². The molecule has 10 heteroatoms. The summed E-state index contributed by atoms with van der Waals surface area (Å²) in [6.45, 7) is 4.89. The topological polar surface area (TPSA) is 95.9 Å². The molecular weight excluding hydrogens is 334 g/mol. The van der Waals surface area contributed by atoms with Gasteiger partial charge in [0.15, 0.2) is 11.9 Å². The Morgan fingerprint density at radius 1 is 1.29 bits per heavy atom. The Hall–Kier alpha value is -1.78. The lowest BCUT2D eigenvalue weighted by atomic mass is 10.3. The van der Waals surface area contributed by atoms with E-state index < -0.39 is 16.3 Å². The number of aromatic nitrogens is 2. The van der Waals surface area contributed by atoms with Crippen LogP contribution in [0, 0.1) is 0 Å². The Morgan fingerprint density at radius 3 is 2.46 bits per heavy atom. The molecule has 2 rings (SSSR count). The van der Waals surface area contributed by atoms with Gasteiger partial charge in [0, 0.05) is 53.4 Å². The SMILES string of the molecule is CC(=O)O[C@H](C)c1nccc(N2CCN(S(=O)(=O)N(C)C)CC2)n1. The molecule has 1 saturated heterocycles. The Balaban J connectivity index is 2.06. The second kappa shape index (κ2) is 7.41. The molecule has 0 radical (unpaired) electrons. The molecule has 9 nitrogen and oxygen atoms in total. The lowest BCUT2D eigenvalue weighted by Gasteiger charge is -2.35. The van der Waals surface area contributed by atoms with Crippen molar-refractivity contribution in [1.29, 1.82) is 0 Å². The first kappa shape index (κ1) is 18.6. The van der Waals surface area contributed by atoms with E-state index in [1.54, 1.807) is 19.2 Å². The van der Waals surface area contributed by atoms with Gasteiger partial charge in [0.25, 0.3) is 10.2 Å². The molecule has 1 aromatic rings. The van der Waals surface area contributed by atoms with Crippen molar-refractivity contribution in [2.75, 3.05) is 45.2 Å². The van der Waals surface area contributed by atoms with Gasteiger partial charge < -0.3 is 9.64 Å². The van der Waals surface area contributed by atoms with E-state index in [0.717, 1.165) is 0 Å². The molecule has 24 heavy (non-hydrogen) atoms. The van der Waals surface area contributed by atoms with Crippen LogP contribution in [0.4, 0.5) is 5.82 Å². The van der Waals surface area contributed by atoms with Crippen LogP contribution in [-0.2, 0) is 19.7 Å². The Kier molecular flexibility index (Phi) is 5.73. The number of esters is 1. The van der Waals surface area contributed by atoms with Gasteiger partial charge in [-0.25, -0.2) is 9.97 Å².